The highest BCUT2D eigenvalue weighted by atomic mass is 19.1. The SMILES string of the molecule is CN[C@H]1C[C@]2(C)CC[C@](C)([C@H]1F)N2C(=O)OC(C)(C)C. The monoisotopic (exact) mass is 286 g/mol. The Morgan fingerprint density at radius 2 is 1.95 bits per heavy atom. The molecule has 2 bridgehead atoms. The molecule has 0 aliphatic carbocycles. The molecule has 2 rings (SSSR count). The number of rotatable bonds is 1. The summed E-state index contributed by atoms with van der Waals surface area (Å²) in [4.78, 5) is 14.2. The van der Waals surface area contributed by atoms with Gasteiger partial charge in [-0.1, -0.05) is 0 Å². The van der Waals surface area contributed by atoms with E-state index >= 15 is 0 Å². The molecule has 0 aromatic rings. The average Bonchev–Trinajstić information content (AvgIpc) is 2.51. The number of amides is 1. The summed E-state index contributed by atoms with van der Waals surface area (Å²) in [7, 11) is 1.78. The first-order valence-corrected chi connectivity index (χ1v) is 7.38. The quantitative estimate of drug-likeness (QED) is 0.806. The Morgan fingerprint density at radius 3 is 2.45 bits per heavy atom. The van der Waals surface area contributed by atoms with Crippen LogP contribution in [0.5, 0.6) is 0 Å². The van der Waals surface area contributed by atoms with Gasteiger partial charge < -0.3 is 10.1 Å². The van der Waals surface area contributed by atoms with Crippen LogP contribution in [0.2, 0.25) is 0 Å². The van der Waals surface area contributed by atoms with Gasteiger partial charge in [0.1, 0.15) is 11.8 Å². The Morgan fingerprint density at radius 1 is 1.35 bits per heavy atom. The summed E-state index contributed by atoms with van der Waals surface area (Å²) in [5, 5.41) is 3.06. The zero-order chi connectivity index (χ0) is 15.3. The molecule has 2 aliphatic rings. The van der Waals surface area contributed by atoms with Crippen LogP contribution >= 0.6 is 0 Å². The first kappa shape index (κ1) is 15.5. The lowest BCUT2D eigenvalue weighted by atomic mass is 9.81. The predicted molar refractivity (Wildman–Crippen MR) is 76.5 cm³/mol. The van der Waals surface area contributed by atoms with E-state index in [1.807, 2.05) is 34.6 Å². The molecule has 20 heavy (non-hydrogen) atoms. The first-order valence-electron chi connectivity index (χ1n) is 7.38. The number of alkyl halides is 1. The molecule has 0 aromatic heterocycles. The van der Waals surface area contributed by atoms with E-state index in [1.165, 1.54) is 0 Å². The number of carbonyl (C=O) groups excluding carboxylic acids is 1. The van der Waals surface area contributed by atoms with Gasteiger partial charge in [0.15, 0.2) is 0 Å². The fraction of sp³-hybridized carbons (Fsp3) is 0.933. The van der Waals surface area contributed by atoms with Crippen molar-refractivity contribution >= 4 is 6.09 Å². The van der Waals surface area contributed by atoms with Gasteiger partial charge in [-0.2, -0.15) is 0 Å². The molecule has 2 saturated heterocycles. The maximum Gasteiger partial charge on any atom is 0.411 e. The highest BCUT2D eigenvalue weighted by Crippen LogP contribution is 2.52. The van der Waals surface area contributed by atoms with Crippen LogP contribution in [0.4, 0.5) is 9.18 Å². The molecule has 2 heterocycles. The minimum absolute atomic E-state index is 0.203. The zero-order valence-corrected chi connectivity index (χ0v) is 13.4. The topological polar surface area (TPSA) is 41.6 Å². The first-order chi connectivity index (χ1) is 9.03. The molecular weight excluding hydrogens is 259 g/mol. The van der Waals surface area contributed by atoms with Gasteiger partial charge in [-0.3, -0.25) is 4.90 Å². The molecule has 1 amide bonds. The van der Waals surface area contributed by atoms with Gasteiger partial charge in [0, 0.05) is 11.6 Å². The summed E-state index contributed by atoms with van der Waals surface area (Å²) in [6, 6.07) is -0.203. The number of hydrogen-bond acceptors (Lipinski definition) is 3. The number of hydrogen-bond donors (Lipinski definition) is 1. The van der Waals surface area contributed by atoms with Crippen LogP contribution in [0, 0.1) is 0 Å². The highest BCUT2D eigenvalue weighted by Gasteiger charge is 2.63. The second-order valence-electron chi connectivity index (χ2n) is 7.67. The van der Waals surface area contributed by atoms with E-state index in [-0.39, 0.29) is 11.6 Å². The Bertz CT molecular complexity index is 409. The number of piperidine rings is 1. The summed E-state index contributed by atoms with van der Waals surface area (Å²) in [6.07, 6.45) is 0.663. The molecule has 1 N–H and O–H groups in total. The van der Waals surface area contributed by atoms with Crippen LogP contribution in [0.15, 0.2) is 0 Å². The van der Waals surface area contributed by atoms with E-state index in [4.69, 9.17) is 4.74 Å². The van der Waals surface area contributed by atoms with Crippen molar-refractivity contribution in [3.8, 4) is 0 Å². The maximum atomic E-state index is 14.8. The van der Waals surface area contributed by atoms with Gasteiger partial charge in [-0.15, -0.1) is 0 Å². The molecule has 4 nitrogen and oxygen atoms in total. The van der Waals surface area contributed by atoms with Crippen molar-refractivity contribution in [3.63, 3.8) is 0 Å². The van der Waals surface area contributed by atoms with Gasteiger partial charge in [0.05, 0.1) is 5.54 Å². The normalized spacial score (nSPS) is 40.9. The average molecular weight is 286 g/mol. The van der Waals surface area contributed by atoms with Gasteiger partial charge in [0.25, 0.3) is 0 Å². The molecule has 4 atom stereocenters. The van der Waals surface area contributed by atoms with E-state index < -0.39 is 23.4 Å². The molecule has 0 radical (unpaired) electrons. The third-order valence-corrected chi connectivity index (χ3v) is 4.77. The molecule has 116 valence electrons. The third kappa shape index (κ3) is 2.30. The second kappa shape index (κ2) is 4.58. The van der Waals surface area contributed by atoms with Crippen LogP contribution < -0.4 is 5.32 Å². The van der Waals surface area contributed by atoms with Crippen molar-refractivity contribution < 1.29 is 13.9 Å². The van der Waals surface area contributed by atoms with Crippen molar-refractivity contribution in [2.24, 2.45) is 0 Å². The van der Waals surface area contributed by atoms with Crippen molar-refractivity contribution in [2.75, 3.05) is 7.05 Å². The number of carbonyl (C=O) groups is 1. The lowest BCUT2D eigenvalue weighted by Crippen LogP contribution is -2.68. The molecular formula is C15H27FN2O2. The summed E-state index contributed by atoms with van der Waals surface area (Å²) < 4.78 is 20.3. The number of ether oxygens (including phenoxy) is 1. The zero-order valence-electron chi connectivity index (χ0n) is 13.4. The summed E-state index contributed by atoms with van der Waals surface area (Å²) in [5.41, 5.74) is -1.66. The highest BCUT2D eigenvalue weighted by molar-refractivity contribution is 5.71. The van der Waals surface area contributed by atoms with E-state index in [2.05, 4.69) is 5.32 Å². The van der Waals surface area contributed by atoms with Crippen molar-refractivity contribution in [1.82, 2.24) is 10.2 Å². The van der Waals surface area contributed by atoms with Gasteiger partial charge in [-0.05, 0) is 60.9 Å². The molecule has 2 fully saturated rings. The smallest absolute Gasteiger partial charge is 0.411 e. The Labute approximate surface area is 121 Å². The fourth-order valence-corrected chi connectivity index (χ4v) is 3.81. The lowest BCUT2D eigenvalue weighted by Gasteiger charge is -2.52. The van der Waals surface area contributed by atoms with Crippen LogP contribution in [0.25, 0.3) is 0 Å². The number of fused-ring (bicyclic) bond motifs is 2. The molecule has 2 aliphatic heterocycles. The Balaban J connectivity index is 2.32. The molecule has 0 unspecified atom stereocenters. The molecule has 5 heteroatoms. The number of nitrogens with one attached hydrogen (secondary N) is 1. The molecule has 0 aromatic carbocycles. The second-order valence-corrected chi connectivity index (χ2v) is 7.67. The van der Waals surface area contributed by atoms with Gasteiger partial charge in [0.2, 0.25) is 0 Å². The Hall–Kier alpha value is -0.840. The lowest BCUT2D eigenvalue weighted by molar-refractivity contribution is -0.0696. The predicted octanol–water partition coefficient (Wildman–Crippen LogP) is 2.86. The van der Waals surface area contributed by atoms with Crippen LogP contribution in [-0.2, 0) is 4.74 Å². The minimum atomic E-state index is -1.07. The molecule has 0 saturated carbocycles. The van der Waals surface area contributed by atoms with E-state index in [0.717, 1.165) is 6.42 Å². The standard InChI is InChI=1S/C15H27FN2O2/c1-13(2,3)20-12(19)18-14(4)7-8-15(18,5)11(16)10(9-14)17-6/h10-11,17H,7-9H2,1-6H3/t10-,11-,14-,15+/m0/s1. The Kier molecular flexibility index (Phi) is 3.56. The largest absolute Gasteiger partial charge is 0.444 e. The van der Waals surface area contributed by atoms with E-state index in [9.17, 15) is 9.18 Å². The number of nitrogens with zero attached hydrogens (tertiary/aromatic N) is 1. The number of halogens is 1. The van der Waals surface area contributed by atoms with E-state index in [1.54, 1.807) is 11.9 Å². The van der Waals surface area contributed by atoms with Gasteiger partial charge >= 0.3 is 6.09 Å². The molecule has 0 spiro atoms. The van der Waals surface area contributed by atoms with E-state index in [0.29, 0.717) is 12.8 Å². The van der Waals surface area contributed by atoms with Crippen LogP contribution in [-0.4, -0.2) is 46.9 Å². The maximum absolute atomic E-state index is 14.8. The summed E-state index contributed by atoms with van der Waals surface area (Å²) in [5.74, 6) is 0. The van der Waals surface area contributed by atoms with Crippen molar-refractivity contribution in [3.05, 3.63) is 0 Å². The van der Waals surface area contributed by atoms with Crippen LogP contribution in [0.3, 0.4) is 0 Å². The van der Waals surface area contributed by atoms with Crippen molar-refractivity contribution in [1.29, 1.82) is 0 Å². The van der Waals surface area contributed by atoms with Gasteiger partial charge in [-0.25, -0.2) is 9.18 Å². The van der Waals surface area contributed by atoms with Crippen LogP contribution in [0.1, 0.15) is 53.9 Å². The summed E-state index contributed by atoms with van der Waals surface area (Å²) >= 11 is 0. The minimum Gasteiger partial charge on any atom is -0.444 e. The fourth-order valence-electron chi connectivity index (χ4n) is 3.81. The van der Waals surface area contributed by atoms with Crippen molar-refractivity contribution in [2.45, 2.75) is 82.8 Å². The summed E-state index contributed by atoms with van der Waals surface area (Å²) in [6.45, 7) is 9.40. The third-order valence-electron chi connectivity index (χ3n) is 4.77.